The number of hydrogen-bond donors (Lipinski definition) is 1. The van der Waals surface area contributed by atoms with Crippen molar-refractivity contribution in [2.45, 2.75) is 0 Å². The van der Waals surface area contributed by atoms with Gasteiger partial charge in [-0.25, -0.2) is 0 Å². The molecule has 1 fully saturated rings. The topological polar surface area (TPSA) is 44.8 Å². The van der Waals surface area contributed by atoms with E-state index in [0.29, 0.717) is 11.3 Å². The lowest BCUT2D eigenvalue weighted by atomic mass is 10.1. The molecule has 1 heterocycles. The summed E-state index contributed by atoms with van der Waals surface area (Å²) < 4.78 is 6.11. The van der Waals surface area contributed by atoms with Gasteiger partial charge in [-0.3, -0.25) is 4.79 Å². The van der Waals surface area contributed by atoms with Crippen LogP contribution in [-0.2, 0) is 0 Å². The molecule has 0 aliphatic carbocycles. The Morgan fingerprint density at radius 2 is 1.76 bits per heavy atom. The number of ether oxygens (including phenoxy) is 1. The lowest BCUT2D eigenvalue weighted by Crippen LogP contribution is -2.44. The summed E-state index contributed by atoms with van der Waals surface area (Å²) in [4.78, 5) is 17.2. The molecular weight excluding hydrogens is 382 g/mol. The van der Waals surface area contributed by atoms with Crippen molar-refractivity contribution in [2.24, 2.45) is 0 Å². The number of halogens is 1. The number of likely N-dealkylation sites (N-methyl/N-ethyl adjacent to an activating group) is 1. The number of carbonyl (C=O) groups excluding carboxylic acids is 1. The molecule has 0 atom stereocenters. The fourth-order valence-electron chi connectivity index (χ4n) is 2.88. The van der Waals surface area contributed by atoms with Crippen LogP contribution in [0.4, 0.5) is 11.4 Å². The van der Waals surface area contributed by atoms with Crippen LogP contribution in [0.5, 0.6) is 5.75 Å². The molecule has 0 radical (unpaired) electrons. The lowest BCUT2D eigenvalue weighted by Gasteiger charge is -2.34. The second-order valence-electron chi connectivity index (χ2n) is 6.14. The van der Waals surface area contributed by atoms with E-state index in [1.165, 1.54) is 5.69 Å². The van der Waals surface area contributed by atoms with Gasteiger partial charge < -0.3 is 19.9 Å². The van der Waals surface area contributed by atoms with Crippen LogP contribution in [0.3, 0.4) is 0 Å². The summed E-state index contributed by atoms with van der Waals surface area (Å²) in [7, 11) is 3.71. The largest absolute Gasteiger partial charge is 0.496 e. The number of rotatable bonds is 4. The molecule has 2 aromatic rings. The first-order valence-electron chi connectivity index (χ1n) is 8.25. The molecule has 132 valence electrons. The van der Waals surface area contributed by atoms with E-state index in [9.17, 15) is 4.79 Å². The predicted octanol–water partition coefficient (Wildman–Crippen LogP) is 3.46. The van der Waals surface area contributed by atoms with Gasteiger partial charge in [-0.15, -0.1) is 0 Å². The number of methoxy groups -OCH3 is 1. The minimum atomic E-state index is -0.189. The molecule has 0 aromatic heterocycles. The summed E-state index contributed by atoms with van der Waals surface area (Å²) in [5.74, 6) is 0.361. The zero-order valence-corrected chi connectivity index (χ0v) is 16.0. The van der Waals surface area contributed by atoms with E-state index in [1.54, 1.807) is 19.2 Å². The van der Waals surface area contributed by atoms with Crippen molar-refractivity contribution in [3.63, 3.8) is 0 Å². The van der Waals surface area contributed by atoms with Gasteiger partial charge in [0.15, 0.2) is 0 Å². The Bertz CT molecular complexity index is 741. The average molecular weight is 404 g/mol. The summed E-state index contributed by atoms with van der Waals surface area (Å²) in [5, 5.41) is 2.93. The molecule has 25 heavy (non-hydrogen) atoms. The number of piperazine rings is 1. The third kappa shape index (κ3) is 4.32. The fraction of sp³-hybridized carbons (Fsp3) is 0.316. The lowest BCUT2D eigenvalue weighted by molar-refractivity contribution is 0.102. The molecule has 1 aliphatic heterocycles. The molecule has 0 saturated carbocycles. The SMILES string of the molecule is COc1ccc(Br)cc1C(=O)Nc1ccc(N2CCN(C)CC2)cc1. The highest BCUT2D eigenvalue weighted by Crippen LogP contribution is 2.25. The minimum Gasteiger partial charge on any atom is -0.496 e. The highest BCUT2D eigenvalue weighted by atomic mass is 79.9. The molecule has 0 bridgehead atoms. The summed E-state index contributed by atoms with van der Waals surface area (Å²) in [5.41, 5.74) is 2.45. The van der Waals surface area contributed by atoms with Crippen molar-refractivity contribution in [3.8, 4) is 5.75 Å². The number of anilines is 2. The summed E-state index contributed by atoms with van der Waals surface area (Å²) >= 11 is 3.39. The van der Waals surface area contributed by atoms with E-state index in [0.717, 1.165) is 36.3 Å². The van der Waals surface area contributed by atoms with Crippen molar-refractivity contribution in [3.05, 3.63) is 52.5 Å². The quantitative estimate of drug-likeness (QED) is 0.848. The molecule has 3 rings (SSSR count). The van der Waals surface area contributed by atoms with E-state index < -0.39 is 0 Å². The zero-order valence-electron chi connectivity index (χ0n) is 14.5. The van der Waals surface area contributed by atoms with Crippen LogP contribution < -0.4 is 15.0 Å². The van der Waals surface area contributed by atoms with Gasteiger partial charge in [-0.1, -0.05) is 15.9 Å². The van der Waals surface area contributed by atoms with Crippen LogP contribution in [0.2, 0.25) is 0 Å². The van der Waals surface area contributed by atoms with Gasteiger partial charge in [0, 0.05) is 42.0 Å². The van der Waals surface area contributed by atoms with E-state index in [1.807, 2.05) is 18.2 Å². The standard InChI is InChI=1S/C19H22BrN3O2/c1-22-9-11-23(12-10-22)16-6-4-15(5-7-16)21-19(24)17-13-14(20)3-8-18(17)25-2/h3-8,13H,9-12H2,1-2H3,(H,21,24). The summed E-state index contributed by atoms with van der Waals surface area (Å²) in [6.45, 7) is 4.19. The Labute approximate surface area is 156 Å². The Balaban J connectivity index is 1.69. The van der Waals surface area contributed by atoms with E-state index in [-0.39, 0.29) is 5.91 Å². The molecular formula is C19H22BrN3O2. The van der Waals surface area contributed by atoms with Gasteiger partial charge in [-0.2, -0.15) is 0 Å². The fourth-order valence-corrected chi connectivity index (χ4v) is 3.24. The predicted molar refractivity (Wildman–Crippen MR) is 105 cm³/mol. The molecule has 6 heteroatoms. The number of nitrogens with one attached hydrogen (secondary N) is 1. The molecule has 2 aromatic carbocycles. The Morgan fingerprint density at radius 3 is 2.40 bits per heavy atom. The monoisotopic (exact) mass is 403 g/mol. The smallest absolute Gasteiger partial charge is 0.259 e. The normalized spacial score (nSPS) is 15.1. The molecule has 1 N–H and O–H groups in total. The number of hydrogen-bond acceptors (Lipinski definition) is 4. The third-order valence-corrected chi connectivity index (χ3v) is 4.89. The summed E-state index contributed by atoms with van der Waals surface area (Å²) in [6.07, 6.45) is 0. The molecule has 1 saturated heterocycles. The first-order valence-corrected chi connectivity index (χ1v) is 9.04. The maximum absolute atomic E-state index is 12.5. The van der Waals surface area contributed by atoms with Crippen molar-refractivity contribution in [1.82, 2.24) is 4.90 Å². The van der Waals surface area contributed by atoms with Gasteiger partial charge in [0.05, 0.1) is 12.7 Å². The molecule has 5 nitrogen and oxygen atoms in total. The van der Waals surface area contributed by atoms with Crippen molar-refractivity contribution in [2.75, 3.05) is 50.6 Å². The Morgan fingerprint density at radius 1 is 1.08 bits per heavy atom. The maximum Gasteiger partial charge on any atom is 0.259 e. The molecule has 1 amide bonds. The van der Waals surface area contributed by atoms with E-state index >= 15 is 0 Å². The molecule has 0 unspecified atom stereocenters. The number of benzene rings is 2. The van der Waals surface area contributed by atoms with Gasteiger partial charge in [0.2, 0.25) is 0 Å². The van der Waals surface area contributed by atoms with Gasteiger partial charge in [0.25, 0.3) is 5.91 Å². The van der Waals surface area contributed by atoms with Crippen molar-refractivity contribution < 1.29 is 9.53 Å². The second kappa shape index (κ2) is 7.89. The second-order valence-corrected chi connectivity index (χ2v) is 7.05. The summed E-state index contributed by atoms with van der Waals surface area (Å²) in [6, 6.07) is 13.4. The average Bonchev–Trinajstić information content (AvgIpc) is 2.63. The highest BCUT2D eigenvalue weighted by molar-refractivity contribution is 9.10. The zero-order chi connectivity index (χ0) is 17.8. The van der Waals surface area contributed by atoms with Crippen LogP contribution >= 0.6 is 15.9 Å². The molecule has 1 aliphatic rings. The molecule has 0 spiro atoms. The van der Waals surface area contributed by atoms with Crippen LogP contribution in [0.15, 0.2) is 46.9 Å². The first-order chi connectivity index (χ1) is 12.1. The van der Waals surface area contributed by atoms with Crippen LogP contribution in [-0.4, -0.2) is 51.1 Å². The van der Waals surface area contributed by atoms with Crippen LogP contribution in [0, 0.1) is 0 Å². The van der Waals surface area contributed by atoms with Crippen LogP contribution in [0.1, 0.15) is 10.4 Å². The number of amides is 1. The van der Waals surface area contributed by atoms with Crippen molar-refractivity contribution in [1.29, 1.82) is 0 Å². The van der Waals surface area contributed by atoms with E-state index in [4.69, 9.17) is 4.74 Å². The first kappa shape index (κ1) is 17.8. The number of nitrogens with zero attached hydrogens (tertiary/aromatic N) is 2. The third-order valence-electron chi connectivity index (χ3n) is 4.40. The van der Waals surface area contributed by atoms with Gasteiger partial charge >= 0.3 is 0 Å². The van der Waals surface area contributed by atoms with Gasteiger partial charge in [0.1, 0.15) is 5.75 Å². The van der Waals surface area contributed by atoms with Crippen LogP contribution in [0.25, 0.3) is 0 Å². The van der Waals surface area contributed by atoms with Crippen molar-refractivity contribution >= 4 is 33.2 Å². The van der Waals surface area contributed by atoms with Gasteiger partial charge in [-0.05, 0) is 49.5 Å². The minimum absolute atomic E-state index is 0.189. The maximum atomic E-state index is 12.5. The highest BCUT2D eigenvalue weighted by Gasteiger charge is 2.15. The Hall–Kier alpha value is -2.05. The number of carbonyl (C=O) groups is 1. The van der Waals surface area contributed by atoms with E-state index in [2.05, 4.69) is 50.2 Å². The Kier molecular flexibility index (Phi) is 5.60.